The van der Waals surface area contributed by atoms with Crippen LogP contribution in [0.25, 0.3) is 10.9 Å². The van der Waals surface area contributed by atoms with Crippen LogP contribution in [0.2, 0.25) is 0 Å². The number of anilines is 1. The number of nitrogens with one attached hydrogen (secondary N) is 1. The van der Waals surface area contributed by atoms with E-state index in [0.29, 0.717) is 12.6 Å². The zero-order valence-electron chi connectivity index (χ0n) is 12.2. The monoisotopic (exact) mass is 284 g/mol. The standard InChI is InChI=1S/C16H20N4O/c1-21-9-8-20(11-6-7-11)15-10-13(16(17)18)12-4-2-3-5-14(12)19-15/h2-5,10-11H,6-9H2,1H3,(H3,17,18). The summed E-state index contributed by atoms with van der Waals surface area (Å²) in [7, 11) is 1.71. The van der Waals surface area contributed by atoms with Gasteiger partial charge in [0.1, 0.15) is 11.7 Å². The Morgan fingerprint density at radius 1 is 1.43 bits per heavy atom. The average molecular weight is 284 g/mol. The summed E-state index contributed by atoms with van der Waals surface area (Å²) in [5.41, 5.74) is 7.38. The molecule has 0 amide bonds. The molecule has 5 nitrogen and oxygen atoms in total. The van der Waals surface area contributed by atoms with Crippen LogP contribution >= 0.6 is 0 Å². The molecule has 5 heteroatoms. The van der Waals surface area contributed by atoms with E-state index >= 15 is 0 Å². The van der Waals surface area contributed by atoms with Crippen molar-refractivity contribution in [2.24, 2.45) is 5.73 Å². The van der Waals surface area contributed by atoms with Crippen LogP contribution in [0.4, 0.5) is 5.82 Å². The van der Waals surface area contributed by atoms with Gasteiger partial charge in [-0.1, -0.05) is 18.2 Å². The average Bonchev–Trinajstić information content (AvgIpc) is 3.31. The van der Waals surface area contributed by atoms with Crippen LogP contribution in [-0.2, 0) is 4.74 Å². The summed E-state index contributed by atoms with van der Waals surface area (Å²) >= 11 is 0. The van der Waals surface area contributed by atoms with Gasteiger partial charge in [-0.05, 0) is 25.0 Å². The van der Waals surface area contributed by atoms with E-state index in [1.54, 1.807) is 7.11 Å². The number of hydrogen-bond donors (Lipinski definition) is 2. The fourth-order valence-electron chi connectivity index (χ4n) is 2.59. The molecule has 1 fully saturated rings. The molecule has 3 N–H and O–H groups in total. The first kappa shape index (κ1) is 13.8. The number of hydrogen-bond acceptors (Lipinski definition) is 4. The molecule has 0 atom stereocenters. The summed E-state index contributed by atoms with van der Waals surface area (Å²) in [5, 5.41) is 8.75. The van der Waals surface area contributed by atoms with Crippen molar-refractivity contribution in [2.75, 3.05) is 25.2 Å². The first-order valence-corrected chi connectivity index (χ1v) is 7.20. The molecule has 21 heavy (non-hydrogen) atoms. The Balaban J connectivity index is 2.06. The SMILES string of the molecule is COCCN(c1cc(C(=N)N)c2ccccc2n1)C1CC1. The largest absolute Gasteiger partial charge is 0.384 e. The third-order valence-electron chi connectivity index (χ3n) is 3.81. The number of benzene rings is 1. The van der Waals surface area contributed by atoms with Crippen molar-refractivity contribution in [2.45, 2.75) is 18.9 Å². The third-order valence-corrected chi connectivity index (χ3v) is 3.81. The number of rotatable bonds is 6. The van der Waals surface area contributed by atoms with Gasteiger partial charge < -0.3 is 15.4 Å². The first-order chi connectivity index (χ1) is 10.2. The Bertz CT molecular complexity index is 666. The Labute approximate surface area is 124 Å². The van der Waals surface area contributed by atoms with Crippen LogP contribution in [0.15, 0.2) is 30.3 Å². The van der Waals surface area contributed by atoms with Gasteiger partial charge in [0.05, 0.1) is 12.1 Å². The molecule has 1 aliphatic rings. The Morgan fingerprint density at radius 3 is 2.86 bits per heavy atom. The smallest absolute Gasteiger partial charge is 0.130 e. The number of ether oxygens (including phenoxy) is 1. The van der Waals surface area contributed by atoms with E-state index in [9.17, 15) is 0 Å². The zero-order chi connectivity index (χ0) is 14.8. The molecule has 1 aromatic carbocycles. The summed E-state index contributed by atoms with van der Waals surface area (Å²) in [6.07, 6.45) is 2.38. The van der Waals surface area contributed by atoms with Gasteiger partial charge in [-0.15, -0.1) is 0 Å². The van der Waals surface area contributed by atoms with Gasteiger partial charge in [0.25, 0.3) is 0 Å². The Morgan fingerprint density at radius 2 is 2.19 bits per heavy atom. The maximum Gasteiger partial charge on any atom is 0.130 e. The number of fused-ring (bicyclic) bond motifs is 1. The van der Waals surface area contributed by atoms with Gasteiger partial charge in [0.15, 0.2) is 0 Å². The van der Waals surface area contributed by atoms with Gasteiger partial charge in [-0.3, -0.25) is 5.41 Å². The number of nitrogens with zero attached hydrogens (tertiary/aromatic N) is 2. The maximum atomic E-state index is 7.82. The van der Waals surface area contributed by atoms with Crippen molar-refractivity contribution >= 4 is 22.6 Å². The minimum atomic E-state index is 0.0809. The second kappa shape index (κ2) is 5.69. The van der Waals surface area contributed by atoms with Crippen LogP contribution in [-0.4, -0.2) is 37.1 Å². The number of aromatic nitrogens is 1. The molecule has 1 heterocycles. The molecule has 3 rings (SSSR count). The molecule has 1 aliphatic carbocycles. The van der Waals surface area contributed by atoms with Crippen LogP contribution < -0.4 is 10.6 Å². The number of para-hydroxylation sites is 1. The summed E-state index contributed by atoms with van der Waals surface area (Å²) in [4.78, 5) is 7.02. The van der Waals surface area contributed by atoms with Crippen molar-refractivity contribution in [1.82, 2.24) is 4.98 Å². The highest BCUT2D eigenvalue weighted by Gasteiger charge is 2.30. The van der Waals surface area contributed by atoms with Crippen molar-refractivity contribution in [3.8, 4) is 0 Å². The van der Waals surface area contributed by atoms with E-state index in [2.05, 4.69) is 4.90 Å². The normalized spacial score (nSPS) is 14.3. The minimum Gasteiger partial charge on any atom is -0.384 e. The van der Waals surface area contributed by atoms with Crippen molar-refractivity contribution in [3.63, 3.8) is 0 Å². The predicted molar refractivity (Wildman–Crippen MR) is 85.0 cm³/mol. The molecule has 110 valence electrons. The van der Waals surface area contributed by atoms with Gasteiger partial charge in [-0.2, -0.15) is 0 Å². The van der Waals surface area contributed by atoms with Crippen molar-refractivity contribution in [1.29, 1.82) is 5.41 Å². The van der Waals surface area contributed by atoms with Crippen LogP contribution in [0.1, 0.15) is 18.4 Å². The van der Waals surface area contributed by atoms with Gasteiger partial charge in [-0.25, -0.2) is 4.98 Å². The predicted octanol–water partition coefficient (Wildman–Crippen LogP) is 2.13. The van der Waals surface area contributed by atoms with Crippen molar-refractivity contribution in [3.05, 3.63) is 35.9 Å². The summed E-state index contributed by atoms with van der Waals surface area (Å²) in [5.74, 6) is 0.968. The van der Waals surface area contributed by atoms with E-state index in [0.717, 1.165) is 28.8 Å². The molecule has 0 spiro atoms. The zero-order valence-corrected chi connectivity index (χ0v) is 12.2. The molecule has 0 aliphatic heterocycles. The third kappa shape index (κ3) is 2.83. The van der Waals surface area contributed by atoms with Gasteiger partial charge in [0, 0.05) is 30.6 Å². The Kier molecular flexibility index (Phi) is 3.75. The summed E-state index contributed by atoms with van der Waals surface area (Å²) < 4.78 is 5.20. The lowest BCUT2D eigenvalue weighted by Crippen LogP contribution is -2.30. The lowest BCUT2D eigenvalue weighted by atomic mass is 10.1. The molecule has 0 radical (unpaired) electrons. The molecule has 1 aromatic heterocycles. The highest BCUT2D eigenvalue weighted by Crippen LogP contribution is 2.32. The van der Waals surface area contributed by atoms with Crippen LogP contribution in [0.5, 0.6) is 0 Å². The summed E-state index contributed by atoms with van der Waals surface area (Å²) in [6.45, 7) is 1.48. The maximum absolute atomic E-state index is 7.82. The number of pyridine rings is 1. The number of nitrogens with two attached hydrogens (primary N) is 1. The van der Waals surface area contributed by atoms with Gasteiger partial charge >= 0.3 is 0 Å². The fraction of sp³-hybridized carbons (Fsp3) is 0.375. The van der Waals surface area contributed by atoms with Crippen LogP contribution in [0, 0.1) is 5.41 Å². The van der Waals surface area contributed by atoms with E-state index in [-0.39, 0.29) is 5.84 Å². The minimum absolute atomic E-state index is 0.0809. The number of methoxy groups -OCH3 is 1. The fourth-order valence-corrected chi connectivity index (χ4v) is 2.59. The lowest BCUT2D eigenvalue weighted by Gasteiger charge is -2.24. The quantitative estimate of drug-likeness (QED) is 0.629. The molecule has 2 aromatic rings. The topological polar surface area (TPSA) is 75.2 Å². The first-order valence-electron chi connectivity index (χ1n) is 7.20. The highest BCUT2D eigenvalue weighted by molar-refractivity contribution is 6.07. The van der Waals surface area contributed by atoms with E-state index < -0.39 is 0 Å². The molecule has 0 bridgehead atoms. The molecule has 1 saturated carbocycles. The number of amidine groups is 1. The van der Waals surface area contributed by atoms with Crippen molar-refractivity contribution < 1.29 is 4.74 Å². The Hall–Kier alpha value is -2.14. The molecular weight excluding hydrogens is 264 g/mol. The van der Waals surface area contributed by atoms with Crippen LogP contribution in [0.3, 0.4) is 0 Å². The second-order valence-corrected chi connectivity index (χ2v) is 5.38. The highest BCUT2D eigenvalue weighted by atomic mass is 16.5. The van der Waals surface area contributed by atoms with E-state index in [1.807, 2.05) is 30.3 Å². The van der Waals surface area contributed by atoms with E-state index in [1.165, 1.54) is 12.8 Å². The molecule has 0 saturated heterocycles. The number of nitrogen functional groups attached to an aromatic ring is 1. The van der Waals surface area contributed by atoms with E-state index in [4.69, 9.17) is 20.9 Å². The second-order valence-electron chi connectivity index (χ2n) is 5.38. The van der Waals surface area contributed by atoms with Gasteiger partial charge in [0.2, 0.25) is 0 Å². The lowest BCUT2D eigenvalue weighted by molar-refractivity contribution is 0.204. The molecular formula is C16H20N4O. The molecule has 0 unspecified atom stereocenters. The summed E-state index contributed by atoms with van der Waals surface area (Å²) in [6, 6.07) is 10.3.